The Balaban J connectivity index is 1.81. The van der Waals surface area contributed by atoms with E-state index in [1.165, 1.54) is 25.9 Å². The molecule has 3 N–H and O–H groups in total. The fraction of sp³-hybridized carbons (Fsp3) is 0.538. The highest BCUT2D eigenvalue weighted by Crippen LogP contribution is 2.16. The number of hydrogen-bond donors (Lipinski definition) is 2. The van der Waals surface area contributed by atoms with E-state index in [1.54, 1.807) is 6.20 Å². The van der Waals surface area contributed by atoms with Crippen LogP contribution in [0.15, 0.2) is 18.3 Å². The lowest BCUT2D eigenvalue weighted by Gasteiger charge is -2.29. The van der Waals surface area contributed by atoms with Gasteiger partial charge in [0, 0.05) is 18.3 Å². The minimum Gasteiger partial charge on any atom is -0.389 e. The van der Waals surface area contributed by atoms with Crippen LogP contribution in [0.2, 0.25) is 0 Å². The minimum absolute atomic E-state index is 0.393. The lowest BCUT2D eigenvalue weighted by molar-refractivity contribution is 0.226. The quantitative estimate of drug-likeness (QED) is 0.807. The predicted octanol–water partition coefficient (Wildman–Crippen LogP) is 1.47. The van der Waals surface area contributed by atoms with Crippen molar-refractivity contribution < 1.29 is 0 Å². The molecule has 1 saturated heterocycles. The van der Waals surface area contributed by atoms with Gasteiger partial charge >= 0.3 is 0 Å². The van der Waals surface area contributed by atoms with Gasteiger partial charge < -0.3 is 16.0 Å². The number of rotatable bonds is 4. The largest absolute Gasteiger partial charge is 0.389 e. The van der Waals surface area contributed by atoms with Crippen LogP contribution in [0.4, 0.5) is 5.82 Å². The fourth-order valence-corrected chi connectivity index (χ4v) is 2.28. The van der Waals surface area contributed by atoms with E-state index in [-0.39, 0.29) is 0 Å². The summed E-state index contributed by atoms with van der Waals surface area (Å²) in [4.78, 5) is 7.08. The minimum atomic E-state index is 0.393. The first-order chi connectivity index (χ1) is 8.65. The van der Waals surface area contributed by atoms with E-state index < -0.39 is 0 Å². The van der Waals surface area contributed by atoms with E-state index in [2.05, 4.69) is 22.2 Å². The molecule has 2 heterocycles. The van der Waals surface area contributed by atoms with Gasteiger partial charge in [-0.3, -0.25) is 0 Å². The van der Waals surface area contributed by atoms with Crippen LogP contribution in [0.25, 0.3) is 0 Å². The Morgan fingerprint density at radius 2 is 2.22 bits per heavy atom. The second-order valence-corrected chi connectivity index (χ2v) is 5.36. The fourth-order valence-electron chi connectivity index (χ4n) is 2.16. The van der Waals surface area contributed by atoms with Gasteiger partial charge in [0.2, 0.25) is 0 Å². The molecule has 2 rings (SSSR count). The molecule has 1 aromatic rings. The van der Waals surface area contributed by atoms with Crippen LogP contribution in [-0.2, 0) is 0 Å². The molecule has 1 aliphatic heterocycles. The van der Waals surface area contributed by atoms with Gasteiger partial charge in [0.05, 0.1) is 0 Å². The van der Waals surface area contributed by atoms with E-state index in [9.17, 15) is 0 Å². The van der Waals surface area contributed by atoms with Crippen LogP contribution in [0, 0.1) is 5.92 Å². The van der Waals surface area contributed by atoms with Crippen molar-refractivity contribution in [1.29, 1.82) is 0 Å². The second kappa shape index (κ2) is 6.11. The average molecular weight is 264 g/mol. The lowest BCUT2D eigenvalue weighted by atomic mass is 9.97. The Bertz CT molecular complexity index is 396. The van der Waals surface area contributed by atoms with Crippen molar-refractivity contribution in [2.45, 2.75) is 12.8 Å². The molecule has 1 aliphatic rings. The Kier molecular flexibility index (Phi) is 4.49. The van der Waals surface area contributed by atoms with Crippen molar-refractivity contribution in [3.05, 3.63) is 23.9 Å². The first-order valence-electron chi connectivity index (χ1n) is 6.33. The zero-order valence-electron chi connectivity index (χ0n) is 10.7. The third kappa shape index (κ3) is 3.65. The SMILES string of the molecule is CN1CCC(CNc2ccc(C(N)=S)cn2)CC1. The van der Waals surface area contributed by atoms with Gasteiger partial charge in [-0.25, -0.2) is 4.98 Å². The monoisotopic (exact) mass is 264 g/mol. The first-order valence-corrected chi connectivity index (χ1v) is 6.74. The maximum absolute atomic E-state index is 5.53. The number of likely N-dealkylation sites (tertiary alicyclic amines) is 1. The van der Waals surface area contributed by atoms with Gasteiger partial charge in [0.25, 0.3) is 0 Å². The van der Waals surface area contributed by atoms with Crippen molar-refractivity contribution in [3.8, 4) is 0 Å². The normalized spacial score (nSPS) is 17.6. The molecule has 0 aromatic carbocycles. The summed E-state index contributed by atoms with van der Waals surface area (Å²) in [7, 11) is 2.18. The van der Waals surface area contributed by atoms with Crippen LogP contribution in [0.3, 0.4) is 0 Å². The molecule has 4 nitrogen and oxygen atoms in total. The highest BCUT2D eigenvalue weighted by atomic mass is 32.1. The van der Waals surface area contributed by atoms with Gasteiger partial charge in [0.15, 0.2) is 0 Å². The molecule has 0 atom stereocenters. The van der Waals surface area contributed by atoms with Crippen molar-refractivity contribution in [1.82, 2.24) is 9.88 Å². The Morgan fingerprint density at radius 1 is 1.50 bits per heavy atom. The molecule has 1 aromatic heterocycles. The summed E-state index contributed by atoms with van der Waals surface area (Å²) in [6.45, 7) is 3.38. The zero-order valence-corrected chi connectivity index (χ0v) is 11.5. The summed E-state index contributed by atoms with van der Waals surface area (Å²) in [6.07, 6.45) is 4.24. The number of nitrogens with one attached hydrogen (secondary N) is 1. The maximum Gasteiger partial charge on any atom is 0.125 e. The standard InChI is InChI=1S/C13H20N4S/c1-17-6-4-10(5-7-17)8-15-12-3-2-11(9-16-12)13(14)18/h2-3,9-10H,4-8H2,1H3,(H2,14,18)(H,15,16). The summed E-state index contributed by atoms with van der Waals surface area (Å²) < 4.78 is 0. The average Bonchev–Trinajstić information content (AvgIpc) is 2.38. The zero-order chi connectivity index (χ0) is 13.0. The molecule has 0 spiro atoms. The molecule has 5 heteroatoms. The van der Waals surface area contributed by atoms with E-state index in [0.29, 0.717) is 4.99 Å². The molecule has 1 fully saturated rings. The predicted molar refractivity (Wildman–Crippen MR) is 78.8 cm³/mol. The number of aromatic nitrogens is 1. The molecule has 0 aliphatic carbocycles. The number of pyridine rings is 1. The summed E-state index contributed by atoms with van der Waals surface area (Å²) in [6, 6.07) is 3.84. The van der Waals surface area contributed by atoms with E-state index >= 15 is 0 Å². The van der Waals surface area contributed by atoms with Crippen LogP contribution in [0.1, 0.15) is 18.4 Å². The van der Waals surface area contributed by atoms with Crippen LogP contribution >= 0.6 is 12.2 Å². The Labute approximate surface area is 114 Å². The maximum atomic E-state index is 5.53. The number of hydrogen-bond acceptors (Lipinski definition) is 4. The van der Waals surface area contributed by atoms with Crippen molar-refractivity contribution >= 4 is 23.0 Å². The molecular weight excluding hydrogens is 244 g/mol. The van der Waals surface area contributed by atoms with Gasteiger partial charge in [-0.15, -0.1) is 0 Å². The third-order valence-electron chi connectivity index (χ3n) is 3.46. The van der Waals surface area contributed by atoms with Crippen LogP contribution < -0.4 is 11.1 Å². The third-order valence-corrected chi connectivity index (χ3v) is 3.69. The topological polar surface area (TPSA) is 54.2 Å². The van der Waals surface area contributed by atoms with Gasteiger partial charge in [-0.1, -0.05) is 12.2 Å². The van der Waals surface area contributed by atoms with Crippen molar-refractivity contribution in [2.24, 2.45) is 11.7 Å². The molecule has 0 saturated carbocycles. The highest BCUT2D eigenvalue weighted by molar-refractivity contribution is 7.80. The van der Waals surface area contributed by atoms with Gasteiger partial charge in [0.1, 0.15) is 10.8 Å². The summed E-state index contributed by atoms with van der Waals surface area (Å²) in [5.41, 5.74) is 6.35. The van der Waals surface area contributed by atoms with Crippen molar-refractivity contribution in [3.63, 3.8) is 0 Å². The Hall–Kier alpha value is -1.20. The summed E-state index contributed by atoms with van der Waals surface area (Å²) >= 11 is 4.90. The second-order valence-electron chi connectivity index (χ2n) is 4.92. The number of anilines is 1. The molecule has 98 valence electrons. The first kappa shape index (κ1) is 13.2. The molecule has 0 unspecified atom stereocenters. The van der Waals surface area contributed by atoms with E-state index in [0.717, 1.165) is 23.8 Å². The van der Waals surface area contributed by atoms with Gasteiger partial charge in [-0.05, 0) is 51.0 Å². The van der Waals surface area contributed by atoms with E-state index in [4.69, 9.17) is 18.0 Å². The summed E-state index contributed by atoms with van der Waals surface area (Å²) in [5, 5.41) is 3.38. The molecule has 0 radical (unpaired) electrons. The molecular formula is C13H20N4S. The Morgan fingerprint density at radius 3 is 2.78 bits per heavy atom. The highest BCUT2D eigenvalue weighted by Gasteiger charge is 2.16. The number of thiocarbonyl (C=S) groups is 1. The number of nitrogens with two attached hydrogens (primary N) is 1. The number of nitrogens with zero attached hydrogens (tertiary/aromatic N) is 2. The summed E-state index contributed by atoms with van der Waals surface area (Å²) in [5.74, 6) is 1.65. The van der Waals surface area contributed by atoms with E-state index in [1.807, 2.05) is 12.1 Å². The van der Waals surface area contributed by atoms with Crippen LogP contribution in [0.5, 0.6) is 0 Å². The van der Waals surface area contributed by atoms with Crippen molar-refractivity contribution in [2.75, 3.05) is 32.0 Å². The van der Waals surface area contributed by atoms with Gasteiger partial charge in [-0.2, -0.15) is 0 Å². The van der Waals surface area contributed by atoms with Crippen LogP contribution in [-0.4, -0.2) is 41.6 Å². The lowest BCUT2D eigenvalue weighted by Crippen LogP contribution is -2.33. The molecule has 0 bridgehead atoms. The smallest absolute Gasteiger partial charge is 0.125 e. The molecule has 0 amide bonds. The number of piperidine rings is 1. The molecule has 18 heavy (non-hydrogen) atoms.